The van der Waals surface area contributed by atoms with Crippen LogP contribution in [0.15, 0.2) is 53.5 Å². The van der Waals surface area contributed by atoms with Gasteiger partial charge in [0.05, 0.1) is 0 Å². The van der Waals surface area contributed by atoms with E-state index in [-0.39, 0.29) is 5.56 Å². The van der Waals surface area contributed by atoms with Crippen LogP contribution >= 0.6 is 0 Å². The molecular formula is C17H14N2O3. The van der Waals surface area contributed by atoms with Gasteiger partial charge in [0, 0.05) is 23.6 Å². The first-order valence-corrected chi connectivity index (χ1v) is 6.79. The summed E-state index contributed by atoms with van der Waals surface area (Å²) in [5.74, 6) is -1.24. The Balaban J connectivity index is 2.27. The van der Waals surface area contributed by atoms with Crippen LogP contribution in [-0.4, -0.2) is 16.1 Å². The van der Waals surface area contributed by atoms with E-state index in [0.717, 1.165) is 16.7 Å². The molecule has 0 aliphatic carbocycles. The van der Waals surface area contributed by atoms with Gasteiger partial charge in [0.2, 0.25) is 5.43 Å². The number of aromatic carboxylic acids is 1. The Morgan fingerprint density at radius 3 is 2.68 bits per heavy atom. The van der Waals surface area contributed by atoms with Gasteiger partial charge in [-0.2, -0.15) is 0 Å². The maximum atomic E-state index is 12.3. The van der Waals surface area contributed by atoms with Crippen LogP contribution < -0.4 is 11.2 Å². The van der Waals surface area contributed by atoms with Crippen molar-refractivity contribution in [1.29, 1.82) is 0 Å². The largest absolute Gasteiger partial charge is 0.477 e. The van der Waals surface area contributed by atoms with Crippen molar-refractivity contribution < 1.29 is 9.90 Å². The zero-order valence-electron chi connectivity index (χ0n) is 11.7. The van der Waals surface area contributed by atoms with Gasteiger partial charge in [-0.1, -0.05) is 30.3 Å². The first-order valence-electron chi connectivity index (χ1n) is 6.79. The highest BCUT2D eigenvalue weighted by Gasteiger charge is 2.12. The van der Waals surface area contributed by atoms with E-state index in [1.807, 2.05) is 30.3 Å². The van der Waals surface area contributed by atoms with Crippen molar-refractivity contribution in [2.75, 3.05) is 0 Å². The minimum atomic E-state index is -1.24. The summed E-state index contributed by atoms with van der Waals surface area (Å²) in [6.07, 6.45) is 1.22. The second-order valence-corrected chi connectivity index (χ2v) is 4.96. The number of hydrogen-bond acceptors (Lipinski definition) is 3. The molecule has 0 fully saturated rings. The molecular weight excluding hydrogens is 280 g/mol. The zero-order valence-corrected chi connectivity index (χ0v) is 11.7. The number of H-pyrrole nitrogens is 1. The smallest absolute Gasteiger partial charge is 0.341 e. The van der Waals surface area contributed by atoms with Crippen molar-refractivity contribution in [1.82, 2.24) is 4.98 Å². The lowest BCUT2D eigenvalue weighted by Gasteiger charge is -2.09. The van der Waals surface area contributed by atoms with Crippen LogP contribution in [0.3, 0.4) is 0 Å². The Kier molecular flexibility index (Phi) is 3.48. The molecule has 3 aromatic rings. The fourth-order valence-corrected chi connectivity index (χ4v) is 2.52. The molecule has 0 atom stereocenters. The lowest BCUT2D eigenvalue weighted by Crippen LogP contribution is -2.15. The molecule has 1 aromatic heterocycles. The fraction of sp³-hybridized carbons (Fsp3) is 0.0588. The molecule has 0 spiro atoms. The first kappa shape index (κ1) is 14.0. The number of pyridine rings is 1. The fourth-order valence-electron chi connectivity index (χ4n) is 2.52. The molecule has 3 rings (SSSR count). The van der Waals surface area contributed by atoms with Gasteiger partial charge in [0.15, 0.2) is 0 Å². The summed E-state index contributed by atoms with van der Waals surface area (Å²) in [4.78, 5) is 26.2. The number of rotatable bonds is 3. The Bertz CT molecular complexity index is 929. The van der Waals surface area contributed by atoms with E-state index in [4.69, 9.17) is 10.8 Å². The lowest BCUT2D eigenvalue weighted by atomic mass is 9.98. The normalized spacial score (nSPS) is 10.8. The van der Waals surface area contributed by atoms with Gasteiger partial charge in [-0.3, -0.25) is 4.79 Å². The molecule has 5 nitrogen and oxygen atoms in total. The molecule has 0 bridgehead atoms. The summed E-state index contributed by atoms with van der Waals surface area (Å²) in [5, 5.41) is 9.41. The summed E-state index contributed by atoms with van der Waals surface area (Å²) in [7, 11) is 0. The summed E-state index contributed by atoms with van der Waals surface area (Å²) >= 11 is 0. The number of carboxylic acids is 1. The average molecular weight is 294 g/mol. The Hall–Kier alpha value is -2.92. The monoisotopic (exact) mass is 294 g/mol. The van der Waals surface area contributed by atoms with Crippen LogP contribution in [0.1, 0.15) is 15.9 Å². The van der Waals surface area contributed by atoms with Gasteiger partial charge >= 0.3 is 5.97 Å². The number of carboxylic acid groups (broad SMARTS) is 1. The highest BCUT2D eigenvalue weighted by atomic mass is 16.4. The summed E-state index contributed by atoms with van der Waals surface area (Å²) in [6.45, 7) is 0.389. The zero-order chi connectivity index (χ0) is 15.7. The summed E-state index contributed by atoms with van der Waals surface area (Å²) < 4.78 is 0. The van der Waals surface area contributed by atoms with Crippen LogP contribution in [0.5, 0.6) is 0 Å². The molecule has 0 aliphatic heterocycles. The maximum absolute atomic E-state index is 12.3. The molecule has 0 radical (unpaired) electrons. The number of fused-ring (bicyclic) bond motifs is 1. The van der Waals surface area contributed by atoms with E-state index in [1.165, 1.54) is 6.20 Å². The lowest BCUT2D eigenvalue weighted by molar-refractivity contribution is 0.0695. The molecule has 5 heteroatoms. The number of carbonyl (C=O) groups is 1. The predicted molar refractivity (Wildman–Crippen MR) is 84.9 cm³/mol. The molecule has 110 valence electrons. The number of aromatic amines is 1. The van der Waals surface area contributed by atoms with Gasteiger partial charge in [0.25, 0.3) is 0 Å². The molecule has 0 saturated heterocycles. The van der Waals surface area contributed by atoms with Gasteiger partial charge in [0.1, 0.15) is 5.56 Å². The minimum absolute atomic E-state index is 0.267. The van der Waals surface area contributed by atoms with Crippen LogP contribution in [0.25, 0.3) is 22.0 Å². The van der Waals surface area contributed by atoms with E-state index < -0.39 is 11.4 Å². The highest BCUT2D eigenvalue weighted by Crippen LogP contribution is 2.25. The molecule has 1 heterocycles. The summed E-state index contributed by atoms with van der Waals surface area (Å²) in [6, 6.07) is 13.0. The van der Waals surface area contributed by atoms with E-state index >= 15 is 0 Å². The SMILES string of the molecule is NCc1ccccc1-c1ccc2[nH]cc(C(=O)O)c(=O)c2c1. The second-order valence-electron chi connectivity index (χ2n) is 4.96. The predicted octanol–water partition coefficient (Wildman–Crippen LogP) is 2.35. The van der Waals surface area contributed by atoms with Crippen molar-refractivity contribution in [2.45, 2.75) is 6.54 Å². The molecule has 0 aliphatic rings. The number of hydrogen-bond donors (Lipinski definition) is 3. The maximum Gasteiger partial charge on any atom is 0.341 e. The van der Waals surface area contributed by atoms with Crippen molar-refractivity contribution in [3.8, 4) is 11.1 Å². The third-order valence-corrected chi connectivity index (χ3v) is 3.66. The van der Waals surface area contributed by atoms with E-state index in [0.29, 0.717) is 17.4 Å². The van der Waals surface area contributed by atoms with E-state index in [1.54, 1.807) is 12.1 Å². The molecule has 22 heavy (non-hydrogen) atoms. The van der Waals surface area contributed by atoms with Crippen LogP contribution in [0.2, 0.25) is 0 Å². The van der Waals surface area contributed by atoms with E-state index in [9.17, 15) is 9.59 Å². The molecule has 0 amide bonds. The van der Waals surface area contributed by atoms with Crippen LogP contribution in [0.4, 0.5) is 0 Å². The summed E-state index contributed by atoms with van der Waals surface area (Å²) in [5.41, 5.74) is 8.33. The highest BCUT2D eigenvalue weighted by molar-refractivity contribution is 5.93. The topological polar surface area (TPSA) is 96.2 Å². The van der Waals surface area contributed by atoms with Gasteiger partial charge < -0.3 is 15.8 Å². The van der Waals surface area contributed by atoms with Crippen LogP contribution in [-0.2, 0) is 6.54 Å². The number of aromatic nitrogens is 1. The number of nitrogens with one attached hydrogen (secondary N) is 1. The van der Waals surface area contributed by atoms with Gasteiger partial charge in [-0.05, 0) is 28.8 Å². The Labute approximate surface area is 126 Å². The molecule has 0 unspecified atom stereocenters. The third-order valence-electron chi connectivity index (χ3n) is 3.66. The van der Waals surface area contributed by atoms with Crippen molar-refractivity contribution in [3.63, 3.8) is 0 Å². The Morgan fingerprint density at radius 2 is 1.95 bits per heavy atom. The van der Waals surface area contributed by atoms with Gasteiger partial charge in [-0.15, -0.1) is 0 Å². The van der Waals surface area contributed by atoms with Crippen molar-refractivity contribution in [3.05, 3.63) is 70.0 Å². The quantitative estimate of drug-likeness (QED) is 0.691. The molecule has 0 saturated carbocycles. The Morgan fingerprint density at radius 1 is 1.18 bits per heavy atom. The number of benzene rings is 2. The molecule has 2 aromatic carbocycles. The van der Waals surface area contributed by atoms with Gasteiger partial charge in [-0.25, -0.2) is 4.79 Å². The van der Waals surface area contributed by atoms with E-state index in [2.05, 4.69) is 4.98 Å². The average Bonchev–Trinajstić information content (AvgIpc) is 2.54. The minimum Gasteiger partial charge on any atom is -0.477 e. The van der Waals surface area contributed by atoms with Crippen molar-refractivity contribution in [2.24, 2.45) is 5.73 Å². The van der Waals surface area contributed by atoms with Crippen LogP contribution in [0, 0.1) is 0 Å². The second kappa shape index (κ2) is 5.46. The standard InChI is InChI=1S/C17H14N2O3/c18-8-11-3-1-2-4-12(11)10-5-6-15-13(7-10)16(20)14(9-19-15)17(21)22/h1-7,9H,8,18H2,(H,19,20)(H,21,22). The van der Waals surface area contributed by atoms with Crippen molar-refractivity contribution >= 4 is 16.9 Å². The number of nitrogens with two attached hydrogens (primary N) is 1. The third kappa shape index (κ3) is 2.27. The molecule has 4 N–H and O–H groups in total. The first-order chi connectivity index (χ1) is 10.6.